The lowest BCUT2D eigenvalue weighted by molar-refractivity contribution is 0.102. The minimum atomic E-state index is -0.244. The molecular weight excluding hydrogens is 382 g/mol. The number of amides is 1. The Morgan fingerprint density at radius 2 is 2.00 bits per heavy atom. The summed E-state index contributed by atoms with van der Waals surface area (Å²) < 4.78 is 11.1. The fraction of sp³-hybridized carbons (Fsp3) is 0.211. The lowest BCUT2D eigenvalue weighted by atomic mass is 10.2. The van der Waals surface area contributed by atoms with E-state index in [1.54, 1.807) is 29.5 Å². The first-order valence-electron chi connectivity index (χ1n) is 8.33. The van der Waals surface area contributed by atoms with Crippen LogP contribution in [0, 0.1) is 6.92 Å². The van der Waals surface area contributed by atoms with Crippen molar-refractivity contribution >= 4 is 34.7 Å². The number of carbonyl (C=O) groups excluding carboxylic acids is 1. The predicted octanol–water partition coefficient (Wildman–Crippen LogP) is 4.26. The largest absolute Gasteiger partial charge is 0.486 e. The van der Waals surface area contributed by atoms with Gasteiger partial charge in [0.1, 0.15) is 18.2 Å². The third kappa shape index (κ3) is 3.63. The van der Waals surface area contributed by atoms with E-state index in [0.29, 0.717) is 52.5 Å². The van der Waals surface area contributed by atoms with Crippen LogP contribution in [0.4, 0.5) is 5.69 Å². The molecule has 0 atom stereocenters. The molecule has 1 aromatic carbocycles. The third-order valence-corrected chi connectivity index (χ3v) is 5.57. The Hall–Kier alpha value is -2.58. The standard InChI is InChI=1S/C19H17N3O3S2/c1-11-16(19(26-2)22-17(20-11)15-4-3-9-27-15)18(23)21-12-5-6-13-14(10-12)25-8-7-24-13/h3-6,9-10H,7-8H2,1-2H3,(H,21,23). The van der Waals surface area contributed by atoms with Crippen molar-refractivity contribution in [1.29, 1.82) is 0 Å². The number of nitrogens with zero attached hydrogens (tertiary/aromatic N) is 2. The molecule has 2 aromatic heterocycles. The normalized spacial score (nSPS) is 12.7. The molecule has 0 aliphatic carbocycles. The Balaban J connectivity index is 1.63. The lowest BCUT2D eigenvalue weighted by Gasteiger charge is -2.19. The molecule has 1 aliphatic heterocycles. The molecule has 3 aromatic rings. The number of thiophene rings is 1. The second kappa shape index (κ2) is 7.58. The van der Waals surface area contributed by atoms with Gasteiger partial charge in [-0.05, 0) is 36.8 Å². The lowest BCUT2D eigenvalue weighted by Crippen LogP contribution is -2.18. The molecule has 0 bridgehead atoms. The van der Waals surface area contributed by atoms with Crippen LogP contribution in [0.2, 0.25) is 0 Å². The van der Waals surface area contributed by atoms with E-state index < -0.39 is 0 Å². The molecule has 1 amide bonds. The molecular formula is C19H17N3O3S2. The minimum Gasteiger partial charge on any atom is -0.486 e. The predicted molar refractivity (Wildman–Crippen MR) is 107 cm³/mol. The summed E-state index contributed by atoms with van der Waals surface area (Å²) >= 11 is 3.00. The maximum absolute atomic E-state index is 12.9. The van der Waals surface area contributed by atoms with E-state index in [-0.39, 0.29) is 5.91 Å². The first-order valence-corrected chi connectivity index (χ1v) is 10.4. The van der Waals surface area contributed by atoms with Gasteiger partial charge in [0.2, 0.25) is 0 Å². The molecule has 0 spiro atoms. The van der Waals surface area contributed by atoms with E-state index in [1.807, 2.05) is 30.7 Å². The maximum Gasteiger partial charge on any atom is 0.260 e. The summed E-state index contributed by atoms with van der Waals surface area (Å²) in [6.07, 6.45) is 1.90. The van der Waals surface area contributed by atoms with Gasteiger partial charge in [0.15, 0.2) is 17.3 Å². The van der Waals surface area contributed by atoms with Crippen LogP contribution in [0.25, 0.3) is 10.7 Å². The monoisotopic (exact) mass is 399 g/mol. The van der Waals surface area contributed by atoms with E-state index in [4.69, 9.17) is 9.47 Å². The molecule has 0 unspecified atom stereocenters. The molecule has 1 N–H and O–H groups in total. The second-order valence-corrected chi connectivity index (χ2v) is 7.55. The number of hydrogen-bond acceptors (Lipinski definition) is 7. The molecule has 0 saturated heterocycles. The molecule has 0 saturated carbocycles. The van der Waals surface area contributed by atoms with E-state index in [0.717, 1.165) is 4.88 Å². The van der Waals surface area contributed by atoms with Gasteiger partial charge in [-0.25, -0.2) is 9.97 Å². The van der Waals surface area contributed by atoms with Crippen molar-refractivity contribution < 1.29 is 14.3 Å². The summed E-state index contributed by atoms with van der Waals surface area (Å²) in [5.74, 6) is 1.71. The highest BCUT2D eigenvalue weighted by molar-refractivity contribution is 7.98. The van der Waals surface area contributed by atoms with E-state index in [9.17, 15) is 4.79 Å². The van der Waals surface area contributed by atoms with Crippen LogP contribution in [0.1, 0.15) is 16.1 Å². The smallest absolute Gasteiger partial charge is 0.260 e. The van der Waals surface area contributed by atoms with E-state index in [1.165, 1.54) is 11.8 Å². The zero-order valence-electron chi connectivity index (χ0n) is 14.8. The highest BCUT2D eigenvalue weighted by atomic mass is 32.2. The number of fused-ring (bicyclic) bond motifs is 1. The molecule has 27 heavy (non-hydrogen) atoms. The van der Waals surface area contributed by atoms with Gasteiger partial charge < -0.3 is 14.8 Å². The van der Waals surface area contributed by atoms with Gasteiger partial charge in [-0.1, -0.05) is 6.07 Å². The zero-order valence-corrected chi connectivity index (χ0v) is 16.4. The van der Waals surface area contributed by atoms with Crippen LogP contribution in [0.5, 0.6) is 11.5 Å². The number of rotatable bonds is 4. The molecule has 0 fully saturated rings. The zero-order chi connectivity index (χ0) is 18.8. The highest BCUT2D eigenvalue weighted by Crippen LogP contribution is 2.33. The average molecular weight is 399 g/mol. The second-order valence-electron chi connectivity index (χ2n) is 5.81. The highest BCUT2D eigenvalue weighted by Gasteiger charge is 2.20. The van der Waals surface area contributed by atoms with Crippen LogP contribution in [-0.4, -0.2) is 35.3 Å². The number of anilines is 1. The maximum atomic E-state index is 12.9. The Morgan fingerprint density at radius 1 is 1.19 bits per heavy atom. The molecule has 3 heterocycles. The van der Waals surface area contributed by atoms with Gasteiger partial charge in [0.25, 0.3) is 5.91 Å². The van der Waals surface area contributed by atoms with E-state index >= 15 is 0 Å². The van der Waals surface area contributed by atoms with Gasteiger partial charge in [-0.3, -0.25) is 4.79 Å². The summed E-state index contributed by atoms with van der Waals surface area (Å²) in [5.41, 5.74) is 1.77. The fourth-order valence-corrected chi connectivity index (χ4v) is 4.07. The van der Waals surface area contributed by atoms with E-state index in [2.05, 4.69) is 15.3 Å². The number of thioether (sulfide) groups is 1. The van der Waals surface area contributed by atoms with Gasteiger partial charge in [0.05, 0.1) is 16.1 Å². The molecule has 138 valence electrons. The molecule has 1 aliphatic rings. The fourth-order valence-electron chi connectivity index (χ4n) is 2.79. The van der Waals surface area contributed by atoms with Crippen molar-refractivity contribution in [3.63, 3.8) is 0 Å². The summed E-state index contributed by atoms with van der Waals surface area (Å²) in [5, 5.41) is 5.55. The van der Waals surface area contributed by atoms with Gasteiger partial charge in [-0.2, -0.15) is 0 Å². The number of aromatic nitrogens is 2. The van der Waals surface area contributed by atoms with Crippen molar-refractivity contribution in [2.75, 3.05) is 24.8 Å². The number of nitrogens with one attached hydrogen (secondary N) is 1. The van der Waals surface area contributed by atoms with Crippen molar-refractivity contribution in [3.8, 4) is 22.2 Å². The Bertz CT molecular complexity index is 990. The van der Waals surface area contributed by atoms with Crippen LogP contribution in [0.3, 0.4) is 0 Å². The van der Waals surface area contributed by atoms with Crippen molar-refractivity contribution in [1.82, 2.24) is 9.97 Å². The number of benzene rings is 1. The van der Waals surface area contributed by atoms with Crippen molar-refractivity contribution in [2.45, 2.75) is 11.9 Å². The molecule has 4 rings (SSSR count). The first-order chi connectivity index (χ1) is 13.2. The summed E-state index contributed by atoms with van der Waals surface area (Å²) in [4.78, 5) is 23.0. The minimum absolute atomic E-state index is 0.244. The van der Waals surface area contributed by atoms with Crippen LogP contribution in [-0.2, 0) is 0 Å². The molecule has 0 radical (unpaired) electrons. The number of hydrogen-bond donors (Lipinski definition) is 1. The number of ether oxygens (including phenoxy) is 2. The number of carbonyl (C=O) groups is 1. The summed E-state index contributed by atoms with van der Waals surface area (Å²) in [7, 11) is 0. The number of aryl methyl sites for hydroxylation is 1. The van der Waals surface area contributed by atoms with Crippen LogP contribution in [0.15, 0.2) is 40.7 Å². The van der Waals surface area contributed by atoms with Gasteiger partial charge >= 0.3 is 0 Å². The Morgan fingerprint density at radius 3 is 2.74 bits per heavy atom. The van der Waals surface area contributed by atoms with Crippen molar-refractivity contribution in [3.05, 3.63) is 47.0 Å². The van der Waals surface area contributed by atoms with Crippen LogP contribution < -0.4 is 14.8 Å². The van der Waals surface area contributed by atoms with Gasteiger partial charge in [0, 0.05) is 11.8 Å². The quantitative estimate of drug-likeness (QED) is 0.522. The van der Waals surface area contributed by atoms with Gasteiger partial charge in [-0.15, -0.1) is 23.1 Å². The molecule has 6 nitrogen and oxygen atoms in total. The molecule has 8 heteroatoms. The summed E-state index contributed by atoms with van der Waals surface area (Å²) in [6, 6.07) is 9.28. The average Bonchev–Trinajstić information content (AvgIpc) is 3.22. The van der Waals surface area contributed by atoms with Crippen molar-refractivity contribution in [2.24, 2.45) is 0 Å². The SMILES string of the molecule is CSc1nc(-c2cccs2)nc(C)c1C(=O)Nc1ccc2c(c1)OCCO2. The topological polar surface area (TPSA) is 73.3 Å². The third-order valence-electron chi connectivity index (χ3n) is 4.02. The van der Waals surface area contributed by atoms with Crippen LogP contribution >= 0.6 is 23.1 Å². The Kier molecular flexibility index (Phi) is 5.00. The first kappa shape index (κ1) is 17.8. The Labute approximate surface area is 165 Å². The summed E-state index contributed by atoms with van der Waals surface area (Å²) in [6.45, 7) is 2.86.